The average molecular weight is 835 g/mol. The van der Waals surface area contributed by atoms with E-state index in [1.807, 2.05) is 0 Å². The smallest absolute Gasteiger partial charge is 0.306 e. The Labute approximate surface area is 368 Å². The fourth-order valence-corrected chi connectivity index (χ4v) is 8.04. The maximum Gasteiger partial charge on any atom is 0.306 e. The van der Waals surface area contributed by atoms with E-state index in [9.17, 15) is 14.4 Å². The van der Waals surface area contributed by atoms with Crippen molar-refractivity contribution in [2.75, 3.05) is 13.2 Å². The van der Waals surface area contributed by atoms with E-state index in [0.29, 0.717) is 19.3 Å². The predicted molar refractivity (Wildman–Crippen MR) is 252 cm³/mol. The molecule has 0 saturated carbocycles. The van der Waals surface area contributed by atoms with Crippen LogP contribution in [0.25, 0.3) is 0 Å². The van der Waals surface area contributed by atoms with Crippen LogP contribution in [0.1, 0.15) is 297 Å². The summed E-state index contributed by atoms with van der Waals surface area (Å²) in [6.45, 7) is 9.02. The van der Waals surface area contributed by atoms with Crippen molar-refractivity contribution in [2.24, 2.45) is 5.92 Å². The minimum absolute atomic E-state index is 0.0627. The zero-order valence-corrected chi connectivity index (χ0v) is 40.2. The van der Waals surface area contributed by atoms with Gasteiger partial charge in [-0.25, -0.2) is 0 Å². The second-order valence-corrected chi connectivity index (χ2v) is 18.6. The van der Waals surface area contributed by atoms with E-state index in [0.717, 1.165) is 63.7 Å². The number of carbonyl (C=O) groups is 3. The molecule has 0 saturated heterocycles. The van der Waals surface area contributed by atoms with Crippen LogP contribution in [0.3, 0.4) is 0 Å². The molecule has 0 amide bonds. The quantitative estimate of drug-likeness (QED) is 0.0345. The van der Waals surface area contributed by atoms with Crippen LogP contribution < -0.4 is 0 Å². The van der Waals surface area contributed by atoms with Crippen LogP contribution in [0.4, 0.5) is 0 Å². The van der Waals surface area contributed by atoms with Crippen LogP contribution in [-0.4, -0.2) is 37.2 Å². The van der Waals surface area contributed by atoms with Gasteiger partial charge in [0.15, 0.2) is 6.10 Å². The fourth-order valence-electron chi connectivity index (χ4n) is 8.04. The monoisotopic (exact) mass is 835 g/mol. The first-order chi connectivity index (χ1) is 28.9. The molecule has 0 fully saturated rings. The zero-order valence-electron chi connectivity index (χ0n) is 40.2. The minimum Gasteiger partial charge on any atom is -0.462 e. The number of esters is 3. The van der Waals surface area contributed by atoms with Crippen LogP contribution in [0.15, 0.2) is 0 Å². The van der Waals surface area contributed by atoms with Crippen molar-refractivity contribution in [3.63, 3.8) is 0 Å². The highest BCUT2D eigenvalue weighted by molar-refractivity contribution is 5.71. The first-order valence-corrected chi connectivity index (χ1v) is 26.4. The summed E-state index contributed by atoms with van der Waals surface area (Å²) in [4.78, 5) is 37.8. The largest absolute Gasteiger partial charge is 0.462 e. The van der Waals surface area contributed by atoms with Crippen molar-refractivity contribution in [3.05, 3.63) is 0 Å². The molecule has 0 aromatic carbocycles. The zero-order chi connectivity index (χ0) is 43.1. The van der Waals surface area contributed by atoms with Crippen LogP contribution in [0.2, 0.25) is 0 Å². The lowest BCUT2D eigenvalue weighted by molar-refractivity contribution is -0.167. The van der Waals surface area contributed by atoms with Gasteiger partial charge in [-0.3, -0.25) is 14.4 Å². The molecule has 59 heavy (non-hydrogen) atoms. The van der Waals surface area contributed by atoms with Gasteiger partial charge in [-0.15, -0.1) is 0 Å². The third-order valence-electron chi connectivity index (χ3n) is 12.0. The first-order valence-electron chi connectivity index (χ1n) is 26.4. The summed E-state index contributed by atoms with van der Waals surface area (Å²) in [7, 11) is 0. The maximum atomic E-state index is 12.7. The van der Waals surface area contributed by atoms with Gasteiger partial charge in [0, 0.05) is 19.3 Å². The molecule has 0 unspecified atom stereocenters. The number of carbonyl (C=O) groups excluding carboxylic acids is 3. The minimum atomic E-state index is -0.759. The van der Waals surface area contributed by atoms with Gasteiger partial charge in [0.2, 0.25) is 0 Å². The second-order valence-electron chi connectivity index (χ2n) is 18.6. The summed E-state index contributed by atoms with van der Waals surface area (Å²) in [5.74, 6) is 0.0119. The van der Waals surface area contributed by atoms with Crippen LogP contribution in [0, 0.1) is 5.92 Å². The van der Waals surface area contributed by atoms with E-state index in [2.05, 4.69) is 27.7 Å². The first kappa shape index (κ1) is 57.4. The molecule has 6 heteroatoms. The lowest BCUT2D eigenvalue weighted by Gasteiger charge is -2.18. The molecule has 0 N–H and O–H groups in total. The Morgan fingerprint density at radius 3 is 0.831 bits per heavy atom. The predicted octanol–water partition coefficient (Wildman–Crippen LogP) is 17.1. The van der Waals surface area contributed by atoms with E-state index in [1.165, 1.54) is 193 Å². The van der Waals surface area contributed by atoms with E-state index >= 15 is 0 Å². The SMILES string of the molecule is CCCCCCCCCCCCCC(=O)O[C@H](COC(=O)CCCCCCCCCCC)COC(=O)CCCCCCCCCCCCCCCCCCCCC(C)C. The van der Waals surface area contributed by atoms with Crippen molar-refractivity contribution in [1.29, 1.82) is 0 Å². The van der Waals surface area contributed by atoms with Crippen LogP contribution in [0.5, 0.6) is 0 Å². The average Bonchev–Trinajstić information content (AvgIpc) is 3.22. The van der Waals surface area contributed by atoms with Gasteiger partial charge in [-0.05, 0) is 25.2 Å². The number of unbranched alkanes of at least 4 members (excludes halogenated alkanes) is 35. The molecule has 0 aliphatic heterocycles. The standard InChI is InChI=1S/C53H102O6/c1-5-7-9-11-13-15-24-30-34-38-42-46-53(56)59-50(47-57-51(54)44-40-36-32-27-14-12-10-8-6-2)48-58-52(55)45-41-37-33-29-26-23-21-19-17-16-18-20-22-25-28-31-35-39-43-49(3)4/h49-50H,5-48H2,1-4H3/t50-/m1/s1. The van der Waals surface area contributed by atoms with Gasteiger partial charge in [0.25, 0.3) is 0 Å². The van der Waals surface area contributed by atoms with Crippen molar-refractivity contribution in [3.8, 4) is 0 Å². The summed E-state index contributed by atoms with van der Waals surface area (Å²) >= 11 is 0. The van der Waals surface area contributed by atoms with E-state index < -0.39 is 6.10 Å². The van der Waals surface area contributed by atoms with Crippen LogP contribution in [-0.2, 0) is 28.6 Å². The lowest BCUT2D eigenvalue weighted by atomic mass is 10.0. The molecule has 0 aromatic heterocycles. The summed E-state index contributed by atoms with van der Waals surface area (Å²) in [6.07, 6.45) is 49.5. The topological polar surface area (TPSA) is 78.9 Å². The van der Waals surface area contributed by atoms with Crippen molar-refractivity contribution in [2.45, 2.75) is 303 Å². The molecule has 0 aliphatic rings. The van der Waals surface area contributed by atoms with Crippen molar-refractivity contribution >= 4 is 17.9 Å². The summed E-state index contributed by atoms with van der Waals surface area (Å²) in [5, 5.41) is 0. The Balaban J connectivity index is 4.15. The fraction of sp³-hybridized carbons (Fsp3) is 0.943. The summed E-state index contributed by atoms with van der Waals surface area (Å²) in [5.41, 5.74) is 0. The Hall–Kier alpha value is -1.59. The van der Waals surface area contributed by atoms with Gasteiger partial charge < -0.3 is 14.2 Å². The highest BCUT2D eigenvalue weighted by Crippen LogP contribution is 2.17. The van der Waals surface area contributed by atoms with Crippen molar-refractivity contribution < 1.29 is 28.6 Å². The summed E-state index contributed by atoms with van der Waals surface area (Å²) in [6, 6.07) is 0. The van der Waals surface area contributed by atoms with E-state index in [-0.39, 0.29) is 31.1 Å². The van der Waals surface area contributed by atoms with Gasteiger partial charge in [-0.1, -0.05) is 259 Å². The maximum absolute atomic E-state index is 12.7. The molecule has 0 aliphatic carbocycles. The van der Waals surface area contributed by atoms with E-state index in [1.54, 1.807) is 0 Å². The molecule has 1 atom stereocenters. The summed E-state index contributed by atoms with van der Waals surface area (Å²) < 4.78 is 16.8. The van der Waals surface area contributed by atoms with Crippen LogP contribution >= 0.6 is 0 Å². The highest BCUT2D eigenvalue weighted by Gasteiger charge is 2.19. The lowest BCUT2D eigenvalue weighted by Crippen LogP contribution is -2.30. The number of hydrogen-bond acceptors (Lipinski definition) is 6. The number of rotatable bonds is 48. The number of hydrogen-bond donors (Lipinski definition) is 0. The van der Waals surface area contributed by atoms with Gasteiger partial charge in [0.1, 0.15) is 13.2 Å². The molecule has 0 radical (unpaired) electrons. The molecule has 0 spiro atoms. The Morgan fingerprint density at radius 1 is 0.322 bits per heavy atom. The second kappa shape index (κ2) is 47.5. The Kier molecular flexibility index (Phi) is 46.2. The molecular weight excluding hydrogens is 733 g/mol. The van der Waals surface area contributed by atoms with Gasteiger partial charge >= 0.3 is 17.9 Å². The molecule has 0 heterocycles. The molecule has 0 aromatic rings. The molecule has 6 nitrogen and oxygen atoms in total. The van der Waals surface area contributed by atoms with Gasteiger partial charge in [-0.2, -0.15) is 0 Å². The normalized spacial score (nSPS) is 11.9. The van der Waals surface area contributed by atoms with Gasteiger partial charge in [0.05, 0.1) is 0 Å². The molecule has 350 valence electrons. The highest BCUT2D eigenvalue weighted by atomic mass is 16.6. The number of ether oxygens (including phenoxy) is 3. The molecule has 0 rings (SSSR count). The Bertz CT molecular complexity index is 887. The van der Waals surface area contributed by atoms with Crippen molar-refractivity contribution in [1.82, 2.24) is 0 Å². The van der Waals surface area contributed by atoms with E-state index in [4.69, 9.17) is 14.2 Å². The molecule has 0 bridgehead atoms. The molecular formula is C53H102O6. The third-order valence-corrected chi connectivity index (χ3v) is 12.0. The third kappa shape index (κ3) is 47.3. The Morgan fingerprint density at radius 2 is 0.559 bits per heavy atom.